The third-order valence-electron chi connectivity index (χ3n) is 11.2. The van der Waals surface area contributed by atoms with Gasteiger partial charge < -0.3 is 30.1 Å². The van der Waals surface area contributed by atoms with Gasteiger partial charge in [-0.05, 0) is 82.9 Å². The summed E-state index contributed by atoms with van der Waals surface area (Å²) in [4.78, 5) is 61.8. The lowest BCUT2D eigenvalue weighted by molar-refractivity contribution is 0.0991. The minimum absolute atomic E-state index is 0.185. The summed E-state index contributed by atoms with van der Waals surface area (Å²) in [5.74, 6) is -0.293. The van der Waals surface area contributed by atoms with E-state index in [4.69, 9.17) is 30.9 Å². The second kappa shape index (κ2) is 18.7. The SMILES string of the molecule is CCn1nc(C)cc1C(=O)Nc1nc2cc(C(N)=O)cc(OC)c2n1C/C=C/Cn1c(NC(=O)c2cc(C)nn2CC)nc2cc(C(N)=O)cc(OCCCC3CCCCC3)c21. The maximum Gasteiger partial charge on any atom is 0.276 e. The lowest BCUT2D eigenvalue weighted by Gasteiger charge is -2.21. The van der Waals surface area contributed by atoms with Gasteiger partial charge in [-0.2, -0.15) is 10.2 Å². The highest BCUT2D eigenvalue weighted by Crippen LogP contribution is 2.34. The number of benzene rings is 2. The Morgan fingerprint density at radius 2 is 1.21 bits per heavy atom. The normalized spacial score (nSPS) is 13.3. The molecule has 18 heteroatoms. The molecule has 7 rings (SSSR count). The topological polar surface area (TPSA) is 234 Å². The second-order valence-corrected chi connectivity index (χ2v) is 15.6. The van der Waals surface area contributed by atoms with Crippen LogP contribution < -0.4 is 31.6 Å². The Bertz CT molecular complexity index is 2680. The van der Waals surface area contributed by atoms with Gasteiger partial charge >= 0.3 is 0 Å². The fourth-order valence-electron chi connectivity index (χ4n) is 8.22. The van der Waals surface area contributed by atoms with Gasteiger partial charge in [0.15, 0.2) is 0 Å². The van der Waals surface area contributed by atoms with Crippen LogP contribution >= 0.6 is 0 Å². The zero-order valence-corrected chi connectivity index (χ0v) is 35.9. The number of anilines is 2. The van der Waals surface area contributed by atoms with Crippen molar-refractivity contribution >= 4 is 57.6 Å². The summed E-state index contributed by atoms with van der Waals surface area (Å²) in [5, 5.41) is 14.8. The Labute approximate surface area is 358 Å². The average Bonchev–Trinajstić information content (AvgIpc) is 4.03. The molecule has 4 aromatic heterocycles. The number of nitrogens with one attached hydrogen (secondary N) is 2. The number of hydrogen-bond donors (Lipinski definition) is 4. The number of primary amides is 2. The van der Waals surface area contributed by atoms with Gasteiger partial charge in [0, 0.05) is 37.3 Å². The first-order chi connectivity index (χ1) is 29.9. The number of ether oxygens (including phenoxy) is 2. The van der Waals surface area contributed by atoms with E-state index in [2.05, 4.69) is 20.8 Å². The molecule has 62 heavy (non-hydrogen) atoms. The molecule has 0 saturated heterocycles. The molecule has 0 unspecified atom stereocenters. The number of amides is 4. The molecule has 0 bridgehead atoms. The van der Waals surface area contributed by atoms with Crippen LogP contribution in [-0.2, 0) is 26.2 Å². The quantitative estimate of drug-likeness (QED) is 0.0570. The Morgan fingerprint density at radius 1 is 0.726 bits per heavy atom. The number of fused-ring (bicyclic) bond motifs is 2. The number of nitrogens with zero attached hydrogens (tertiary/aromatic N) is 8. The molecule has 18 nitrogen and oxygen atoms in total. The van der Waals surface area contributed by atoms with Crippen molar-refractivity contribution in [3.63, 3.8) is 0 Å². The van der Waals surface area contributed by atoms with Gasteiger partial charge in [-0.25, -0.2) is 9.97 Å². The van der Waals surface area contributed by atoms with Gasteiger partial charge in [0.25, 0.3) is 11.8 Å². The summed E-state index contributed by atoms with van der Waals surface area (Å²) in [6, 6.07) is 9.70. The van der Waals surface area contributed by atoms with Crippen LogP contribution in [0, 0.1) is 19.8 Å². The highest BCUT2D eigenvalue weighted by atomic mass is 16.5. The summed E-state index contributed by atoms with van der Waals surface area (Å²) in [6.07, 6.45) is 11.9. The number of imidazole rings is 2. The fraction of sp³-hybridized carbons (Fsp3) is 0.409. The summed E-state index contributed by atoms with van der Waals surface area (Å²) in [7, 11) is 1.47. The minimum atomic E-state index is -0.659. The molecule has 1 aliphatic rings. The standard InChI is InChI=1S/C44H54N12O6/c1-6-55-33(20-26(3)51-55)41(59)49-43-47-31-22-29(39(45)57)24-35(61-5)37(31)53(43)17-11-12-18-54-38-32(48-44(54)50-42(60)34-21-27(4)52-56(34)7-2)23-30(40(46)58)25-36(38)62-19-13-16-28-14-9-8-10-15-28/h11-12,20-25,28H,6-10,13-19H2,1-5H3,(H2,45,57)(H2,46,58)(H,47,49,59)(H,48,50,60)/b12-11+. The lowest BCUT2D eigenvalue weighted by Crippen LogP contribution is -2.20. The zero-order chi connectivity index (χ0) is 44.1. The molecule has 6 aromatic rings. The smallest absolute Gasteiger partial charge is 0.276 e. The number of aromatic nitrogens is 8. The number of carbonyl (C=O) groups excluding carboxylic acids is 4. The lowest BCUT2D eigenvalue weighted by atomic mass is 9.86. The van der Waals surface area contributed by atoms with Gasteiger partial charge in [-0.15, -0.1) is 0 Å². The summed E-state index contributed by atoms with van der Waals surface area (Å²) >= 11 is 0. The molecule has 0 aliphatic heterocycles. The summed E-state index contributed by atoms with van der Waals surface area (Å²) < 4.78 is 18.9. The third-order valence-corrected chi connectivity index (χ3v) is 11.2. The van der Waals surface area contributed by atoms with Gasteiger partial charge in [-0.1, -0.05) is 44.3 Å². The Kier molecular flexibility index (Phi) is 13.0. The van der Waals surface area contributed by atoms with E-state index >= 15 is 0 Å². The van der Waals surface area contributed by atoms with E-state index in [1.165, 1.54) is 45.3 Å². The maximum absolute atomic E-state index is 13.8. The van der Waals surface area contributed by atoms with Crippen molar-refractivity contribution < 1.29 is 28.7 Å². The first-order valence-corrected chi connectivity index (χ1v) is 21.1. The largest absolute Gasteiger partial charge is 0.494 e. The second-order valence-electron chi connectivity index (χ2n) is 15.6. The Morgan fingerprint density at radius 3 is 1.68 bits per heavy atom. The summed E-state index contributed by atoms with van der Waals surface area (Å²) in [5.41, 5.74) is 15.8. The van der Waals surface area contributed by atoms with Crippen molar-refractivity contribution in [2.45, 2.75) is 98.8 Å². The van der Waals surface area contributed by atoms with Crippen LogP contribution in [0.2, 0.25) is 0 Å². The van der Waals surface area contributed by atoms with Gasteiger partial charge in [0.2, 0.25) is 23.7 Å². The Balaban J connectivity index is 1.25. The number of rotatable bonds is 18. The zero-order valence-electron chi connectivity index (χ0n) is 35.9. The average molecular weight is 847 g/mol. The molecule has 4 heterocycles. The molecule has 4 amide bonds. The summed E-state index contributed by atoms with van der Waals surface area (Å²) in [6.45, 7) is 9.19. The molecule has 1 fully saturated rings. The predicted octanol–water partition coefficient (Wildman–Crippen LogP) is 6.14. The number of allylic oxidation sites excluding steroid dienone is 2. The predicted molar refractivity (Wildman–Crippen MR) is 235 cm³/mol. The van der Waals surface area contributed by atoms with E-state index in [-0.39, 0.29) is 36.1 Å². The van der Waals surface area contributed by atoms with Crippen LogP contribution in [0.5, 0.6) is 11.5 Å². The molecule has 6 N–H and O–H groups in total. The minimum Gasteiger partial charge on any atom is -0.494 e. The van der Waals surface area contributed by atoms with Crippen LogP contribution in [0.4, 0.5) is 11.9 Å². The number of hydrogen-bond acceptors (Lipinski definition) is 10. The molecule has 0 radical (unpaired) electrons. The van der Waals surface area contributed by atoms with Crippen LogP contribution in [0.15, 0.2) is 48.6 Å². The number of nitrogens with two attached hydrogens (primary N) is 2. The first kappa shape index (κ1) is 43.1. The van der Waals surface area contributed by atoms with E-state index in [1.54, 1.807) is 44.3 Å². The number of carbonyl (C=O) groups is 4. The van der Waals surface area contributed by atoms with E-state index in [0.717, 1.165) is 12.8 Å². The van der Waals surface area contributed by atoms with Crippen LogP contribution in [0.1, 0.15) is 112 Å². The molecule has 2 aromatic carbocycles. The molecule has 0 atom stereocenters. The van der Waals surface area contributed by atoms with Crippen molar-refractivity contribution in [2.75, 3.05) is 24.4 Å². The highest BCUT2D eigenvalue weighted by Gasteiger charge is 2.24. The monoisotopic (exact) mass is 846 g/mol. The third kappa shape index (κ3) is 9.18. The Hall–Kier alpha value is -6.98. The van der Waals surface area contributed by atoms with Crippen LogP contribution in [0.25, 0.3) is 22.1 Å². The number of methoxy groups -OCH3 is 1. The highest BCUT2D eigenvalue weighted by molar-refractivity contribution is 6.05. The fourth-order valence-corrected chi connectivity index (χ4v) is 8.22. The van der Waals surface area contributed by atoms with Crippen molar-refractivity contribution in [3.8, 4) is 11.5 Å². The molecule has 1 aliphatic carbocycles. The van der Waals surface area contributed by atoms with Crippen molar-refractivity contribution in [2.24, 2.45) is 17.4 Å². The van der Waals surface area contributed by atoms with Crippen LogP contribution in [-0.4, -0.2) is 76.0 Å². The van der Waals surface area contributed by atoms with Crippen molar-refractivity contribution in [1.82, 2.24) is 38.7 Å². The van der Waals surface area contributed by atoms with Crippen molar-refractivity contribution in [3.05, 3.63) is 82.5 Å². The van der Waals surface area contributed by atoms with Crippen LogP contribution in [0.3, 0.4) is 0 Å². The molecule has 1 saturated carbocycles. The van der Waals surface area contributed by atoms with E-state index in [1.807, 2.05) is 44.4 Å². The number of aryl methyl sites for hydroxylation is 4. The maximum atomic E-state index is 13.8. The van der Waals surface area contributed by atoms with E-state index < -0.39 is 23.6 Å². The van der Waals surface area contributed by atoms with E-state index in [0.29, 0.717) is 82.0 Å². The van der Waals surface area contributed by atoms with Gasteiger partial charge in [0.1, 0.15) is 33.9 Å². The van der Waals surface area contributed by atoms with Crippen molar-refractivity contribution in [1.29, 1.82) is 0 Å². The molecule has 0 spiro atoms. The first-order valence-electron chi connectivity index (χ1n) is 21.1. The van der Waals surface area contributed by atoms with Gasteiger partial charge in [0.05, 0.1) is 36.1 Å². The van der Waals surface area contributed by atoms with Gasteiger partial charge in [-0.3, -0.25) is 39.2 Å². The molecular formula is C44H54N12O6. The molecular weight excluding hydrogens is 793 g/mol. The van der Waals surface area contributed by atoms with E-state index in [9.17, 15) is 19.2 Å². The molecule has 326 valence electrons.